The monoisotopic (exact) mass is 238 g/mol. The van der Waals surface area contributed by atoms with E-state index in [1.165, 1.54) is 0 Å². The van der Waals surface area contributed by atoms with Crippen LogP contribution in [0.1, 0.15) is 25.8 Å². The van der Waals surface area contributed by atoms with Crippen LogP contribution in [-0.2, 0) is 11.2 Å². The second-order valence-corrected chi connectivity index (χ2v) is 3.69. The smallest absolute Gasteiger partial charge is 0.344 e. The molecule has 17 heavy (non-hydrogen) atoms. The third kappa shape index (κ3) is 3.37. The van der Waals surface area contributed by atoms with E-state index in [2.05, 4.69) is 0 Å². The predicted molar refractivity (Wildman–Crippen MR) is 64.7 cm³/mol. The van der Waals surface area contributed by atoms with Crippen LogP contribution in [0.15, 0.2) is 18.2 Å². The zero-order chi connectivity index (χ0) is 12.8. The minimum atomic E-state index is -0.964. The van der Waals surface area contributed by atoms with Crippen LogP contribution in [-0.4, -0.2) is 24.3 Å². The number of carboxylic acids is 1. The summed E-state index contributed by atoms with van der Waals surface area (Å²) in [7, 11) is 1.54. The van der Waals surface area contributed by atoms with E-state index in [-0.39, 0.29) is 0 Å². The van der Waals surface area contributed by atoms with Gasteiger partial charge in [-0.1, -0.05) is 19.9 Å². The van der Waals surface area contributed by atoms with Crippen LogP contribution in [0.3, 0.4) is 0 Å². The Morgan fingerprint density at radius 1 is 1.35 bits per heavy atom. The lowest BCUT2D eigenvalue weighted by Crippen LogP contribution is -2.26. The summed E-state index contributed by atoms with van der Waals surface area (Å²) in [6.07, 6.45) is 0.470. The molecule has 1 atom stereocenters. The molecule has 1 rings (SSSR count). The number of hydrogen-bond donors (Lipinski definition) is 1. The molecule has 0 aliphatic heterocycles. The molecule has 4 nitrogen and oxygen atoms in total. The van der Waals surface area contributed by atoms with Crippen molar-refractivity contribution in [3.05, 3.63) is 23.8 Å². The molecule has 0 bridgehead atoms. The van der Waals surface area contributed by atoms with Crippen LogP contribution in [0.4, 0.5) is 0 Å². The molecule has 1 aromatic rings. The quantitative estimate of drug-likeness (QED) is 0.827. The Labute approximate surface area is 101 Å². The Hall–Kier alpha value is -1.71. The topological polar surface area (TPSA) is 55.8 Å². The van der Waals surface area contributed by atoms with Gasteiger partial charge in [0.25, 0.3) is 0 Å². The Bertz CT molecular complexity index is 387. The minimum Gasteiger partial charge on any atom is -0.493 e. The maximum absolute atomic E-state index is 10.9. The van der Waals surface area contributed by atoms with Gasteiger partial charge in [0.15, 0.2) is 17.6 Å². The molecule has 0 saturated carbocycles. The van der Waals surface area contributed by atoms with E-state index in [0.29, 0.717) is 17.9 Å². The largest absolute Gasteiger partial charge is 0.493 e. The van der Waals surface area contributed by atoms with Crippen molar-refractivity contribution in [1.82, 2.24) is 0 Å². The molecule has 0 heterocycles. The first kappa shape index (κ1) is 13.4. The van der Waals surface area contributed by atoms with Gasteiger partial charge in [-0.3, -0.25) is 0 Å². The summed E-state index contributed by atoms with van der Waals surface area (Å²) in [5.41, 5.74) is 1.12. The van der Waals surface area contributed by atoms with Crippen molar-refractivity contribution in [3.8, 4) is 11.5 Å². The Morgan fingerprint density at radius 2 is 2.06 bits per heavy atom. The molecule has 0 aliphatic rings. The zero-order valence-corrected chi connectivity index (χ0v) is 10.4. The molecule has 1 N–H and O–H groups in total. The molecule has 0 fully saturated rings. The molecule has 4 heteroatoms. The van der Waals surface area contributed by atoms with Gasteiger partial charge in [0.1, 0.15) is 0 Å². The number of benzene rings is 1. The lowest BCUT2D eigenvalue weighted by molar-refractivity contribution is -0.145. The lowest BCUT2D eigenvalue weighted by atomic mass is 10.1. The normalized spacial score (nSPS) is 11.9. The number of carboxylic acid groups (broad SMARTS) is 1. The van der Waals surface area contributed by atoms with E-state index in [0.717, 1.165) is 12.0 Å². The minimum absolute atomic E-state index is 0.411. The van der Waals surface area contributed by atoms with Gasteiger partial charge in [-0.05, 0) is 30.5 Å². The van der Waals surface area contributed by atoms with E-state index in [1.807, 2.05) is 19.1 Å². The fraction of sp³-hybridized carbons (Fsp3) is 0.462. The SMILES string of the molecule is CCc1ccc(OC(CC)C(=O)O)c(OC)c1. The van der Waals surface area contributed by atoms with Crippen LogP contribution in [0.5, 0.6) is 11.5 Å². The first-order valence-electron chi connectivity index (χ1n) is 5.68. The van der Waals surface area contributed by atoms with Crippen LogP contribution in [0.25, 0.3) is 0 Å². The molecule has 1 aromatic carbocycles. The standard InChI is InChI=1S/C13H18O4/c1-4-9-6-7-11(12(8-9)16-3)17-10(5-2)13(14)15/h6-8,10H,4-5H2,1-3H3,(H,14,15). The highest BCUT2D eigenvalue weighted by molar-refractivity contribution is 5.72. The lowest BCUT2D eigenvalue weighted by Gasteiger charge is -2.16. The van der Waals surface area contributed by atoms with Crippen molar-refractivity contribution >= 4 is 5.97 Å². The average molecular weight is 238 g/mol. The third-order valence-electron chi connectivity index (χ3n) is 2.55. The number of ether oxygens (including phenoxy) is 2. The number of methoxy groups -OCH3 is 1. The Kier molecular flexibility index (Phi) is 4.82. The van der Waals surface area contributed by atoms with Crippen LogP contribution in [0, 0.1) is 0 Å². The Morgan fingerprint density at radius 3 is 2.53 bits per heavy atom. The van der Waals surface area contributed by atoms with Crippen molar-refractivity contribution < 1.29 is 19.4 Å². The molecule has 0 radical (unpaired) electrons. The average Bonchev–Trinajstić information content (AvgIpc) is 2.35. The summed E-state index contributed by atoms with van der Waals surface area (Å²) in [6, 6.07) is 5.53. The molecule has 1 unspecified atom stereocenters. The van der Waals surface area contributed by atoms with Gasteiger partial charge in [0.2, 0.25) is 0 Å². The second-order valence-electron chi connectivity index (χ2n) is 3.69. The molecule has 94 valence electrons. The molecule has 0 aromatic heterocycles. The summed E-state index contributed by atoms with van der Waals surface area (Å²) in [6.45, 7) is 3.81. The fourth-order valence-corrected chi connectivity index (χ4v) is 1.49. The number of carbonyl (C=O) groups is 1. The van der Waals surface area contributed by atoms with Crippen molar-refractivity contribution in [2.75, 3.05) is 7.11 Å². The highest BCUT2D eigenvalue weighted by Gasteiger charge is 2.18. The van der Waals surface area contributed by atoms with Crippen molar-refractivity contribution in [1.29, 1.82) is 0 Å². The summed E-state index contributed by atoms with van der Waals surface area (Å²) >= 11 is 0. The highest BCUT2D eigenvalue weighted by Crippen LogP contribution is 2.29. The van der Waals surface area contributed by atoms with Gasteiger partial charge >= 0.3 is 5.97 Å². The van der Waals surface area contributed by atoms with E-state index in [1.54, 1.807) is 20.1 Å². The maximum atomic E-state index is 10.9. The van der Waals surface area contributed by atoms with Crippen LogP contribution < -0.4 is 9.47 Å². The van der Waals surface area contributed by atoms with E-state index >= 15 is 0 Å². The van der Waals surface area contributed by atoms with Crippen LogP contribution in [0.2, 0.25) is 0 Å². The van der Waals surface area contributed by atoms with Gasteiger partial charge in [-0.25, -0.2) is 4.79 Å². The van der Waals surface area contributed by atoms with Gasteiger partial charge in [0, 0.05) is 0 Å². The molecular formula is C13H18O4. The summed E-state index contributed by atoms with van der Waals surface area (Å²) in [4.78, 5) is 10.9. The second kappa shape index (κ2) is 6.13. The summed E-state index contributed by atoms with van der Waals surface area (Å²) in [5.74, 6) is 0.0807. The van der Waals surface area contributed by atoms with Crippen molar-refractivity contribution in [2.45, 2.75) is 32.8 Å². The first-order chi connectivity index (χ1) is 8.12. The molecule has 0 amide bonds. The predicted octanol–water partition coefficient (Wildman–Crippen LogP) is 2.50. The number of aliphatic carboxylic acids is 1. The zero-order valence-electron chi connectivity index (χ0n) is 10.4. The number of hydrogen-bond acceptors (Lipinski definition) is 3. The van der Waals surface area contributed by atoms with Gasteiger partial charge in [-0.2, -0.15) is 0 Å². The summed E-state index contributed by atoms with van der Waals surface area (Å²) in [5, 5.41) is 8.93. The number of rotatable bonds is 6. The first-order valence-corrected chi connectivity index (χ1v) is 5.68. The van der Waals surface area contributed by atoms with E-state index < -0.39 is 12.1 Å². The molecular weight excluding hydrogens is 220 g/mol. The summed E-state index contributed by atoms with van der Waals surface area (Å²) < 4.78 is 10.6. The van der Waals surface area contributed by atoms with Crippen molar-refractivity contribution in [2.24, 2.45) is 0 Å². The molecule has 0 saturated heterocycles. The fourth-order valence-electron chi connectivity index (χ4n) is 1.49. The molecule has 0 aliphatic carbocycles. The van der Waals surface area contributed by atoms with E-state index in [9.17, 15) is 4.79 Å². The molecule has 0 spiro atoms. The van der Waals surface area contributed by atoms with Crippen LogP contribution >= 0.6 is 0 Å². The van der Waals surface area contributed by atoms with Gasteiger partial charge < -0.3 is 14.6 Å². The third-order valence-corrected chi connectivity index (χ3v) is 2.55. The highest BCUT2D eigenvalue weighted by atomic mass is 16.5. The number of aryl methyl sites for hydroxylation is 1. The van der Waals surface area contributed by atoms with Gasteiger partial charge in [0.05, 0.1) is 7.11 Å². The van der Waals surface area contributed by atoms with Crippen molar-refractivity contribution in [3.63, 3.8) is 0 Å². The maximum Gasteiger partial charge on any atom is 0.344 e. The Balaban J connectivity index is 2.93. The van der Waals surface area contributed by atoms with E-state index in [4.69, 9.17) is 14.6 Å². The van der Waals surface area contributed by atoms with Gasteiger partial charge in [-0.15, -0.1) is 0 Å².